The van der Waals surface area contributed by atoms with Crippen molar-refractivity contribution in [2.45, 2.75) is 26.3 Å². The number of hydrogen-bond donors (Lipinski definition) is 0. The lowest BCUT2D eigenvalue weighted by atomic mass is 10.1. The molecule has 2 aliphatic heterocycles. The van der Waals surface area contributed by atoms with Crippen LogP contribution < -0.4 is 4.90 Å². The van der Waals surface area contributed by atoms with Crippen molar-refractivity contribution < 1.29 is 14.0 Å². The van der Waals surface area contributed by atoms with Gasteiger partial charge in [0, 0.05) is 17.6 Å². The average Bonchev–Trinajstić information content (AvgIpc) is 3.31. The summed E-state index contributed by atoms with van der Waals surface area (Å²) in [5, 5.41) is -0.309. The highest BCUT2D eigenvalue weighted by molar-refractivity contribution is 9.10. The van der Waals surface area contributed by atoms with Gasteiger partial charge >= 0.3 is 0 Å². The Labute approximate surface area is 181 Å². The van der Waals surface area contributed by atoms with Crippen LogP contribution in [0.4, 0.5) is 14.9 Å². The van der Waals surface area contributed by atoms with E-state index in [0.29, 0.717) is 16.2 Å². The monoisotopic (exact) mass is 474 g/mol. The number of nitrogens with zero attached hydrogens (tertiary/aromatic N) is 2. The van der Waals surface area contributed by atoms with E-state index in [-0.39, 0.29) is 23.5 Å². The van der Waals surface area contributed by atoms with E-state index < -0.39 is 0 Å². The Morgan fingerprint density at radius 2 is 1.83 bits per heavy atom. The van der Waals surface area contributed by atoms with Gasteiger partial charge in [-0.05, 0) is 78.6 Å². The maximum atomic E-state index is 14.7. The molecule has 4 nitrogen and oxygen atoms in total. The van der Waals surface area contributed by atoms with Crippen LogP contribution >= 0.6 is 27.7 Å². The highest BCUT2D eigenvalue weighted by Gasteiger charge is 2.35. The number of amides is 2. The molecule has 0 spiro atoms. The van der Waals surface area contributed by atoms with Gasteiger partial charge in [0.05, 0.1) is 17.1 Å². The first-order chi connectivity index (χ1) is 13.9. The van der Waals surface area contributed by atoms with Crippen LogP contribution in [0.25, 0.3) is 6.08 Å². The fourth-order valence-corrected chi connectivity index (χ4v) is 4.68. The van der Waals surface area contributed by atoms with Crippen molar-refractivity contribution in [3.05, 3.63) is 68.3 Å². The van der Waals surface area contributed by atoms with Crippen molar-refractivity contribution in [3.63, 3.8) is 0 Å². The molecule has 0 saturated carbocycles. The third-order valence-corrected chi connectivity index (χ3v) is 6.63. The molecule has 0 aliphatic carbocycles. The van der Waals surface area contributed by atoms with Crippen LogP contribution in [0, 0.1) is 12.7 Å². The Bertz CT molecular complexity index is 1000. The second kappa shape index (κ2) is 8.32. The predicted octanol–water partition coefficient (Wildman–Crippen LogP) is 5.73. The first kappa shape index (κ1) is 20.2. The van der Waals surface area contributed by atoms with E-state index in [1.165, 1.54) is 11.0 Å². The number of carbonyl (C=O) groups excluding carboxylic acids is 2. The van der Waals surface area contributed by atoms with Gasteiger partial charge in [-0.25, -0.2) is 4.39 Å². The van der Waals surface area contributed by atoms with E-state index in [9.17, 15) is 14.0 Å². The van der Waals surface area contributed by atoms with Gasteiger partial charge in [-0.1, -0.05) is 28.1 Å². The van der Waals surface area contributed by atoms with Crippen LogP contribution in [0.1, 0.15) is 29.5 Å². The summed E-state index contributed by atoms with van der Waals surface area (Å²) in [6.45, 7) is 3.85. The summed E-state index contributed by atoms with van der Waals surface area (Å²) < 4.78 is 15.6. The number of carbonyl (C=O) groups is 2. The van der Waals surface area contributed by atoms with Crippen LogP contribution in [0.15, 0.2) is 45.8 Å². The molecule has 0 radical (unpaired) electrons. The van der Waals surface area contributed by atoms with Gasteiger partial charge < -0.3 is 4.90 Å². The molecule has 2 heterocycles. The zero-order valence-electron chi connectivity index (χ0n) is 16.0. The SMILES string of the molecule is Cc1cc(N2CCCC2)c(F)cc1/C=C1\SC(=O)N(Cc2ccc(Br)cc2)C1=O. The minimum absolute atomic E-state index is 0.219. The molecule has 7 heteroatoms. The van der Waals surface area contributed by atoms with Crippen molar-refractivity contribution in [2.24, 2.45) is 0 Å². The Balaban J connectivity index is 1.56. The second-order valence-electron chi connectivity index (χ2n) is 7.25. The maximum absolute atomic E-state index is 14.7. The zero-order chi connectivity index (χ0) is 20.5. The summed E-state index contributed by atoms with van der Waals surface area (Å²) >= 11 is 4.27. The largest absolute Gasteiger partial charge is 0.369 e. The Morgan fingerprint density at radius 3 is 2.52 bits per heavy atom. The summed E-state index contributed by atoms with van der Waals surface area (Å²) in [5.74, 6) is -0.635. The summed E-state index contributed by atoms with van der Waals surface area (Å²) in [5.41, 5.74) is 2.99. The Morgan fingerprint density at radius 1 is 1.14 bits per heavy atom. The van der Waals surface area contributed by atoms with Crippen molar-refractivity contribution in [1.82, 2.24) is 4.90 Å². The van der Waals surface area contributed by atoms with Gasteiger partial charge in [0.2, 0.25) is 0 Å². The van der Waals surface area contributed by atoms with Crippen molar-refractivity contribution >= 4 is 50.6 Å². The summed E-state index contributed by atoms with van der Waals surface area (Å²) in [6.07, 6.45) is 3.77. The molecule has 150 valence electrons. The van der Waals surface area contributed by atoms with Gasteiger partial charge in [0.25, 0.3) is 11.1 Å². The van der Waals surface area contributed by atoms with Gasteiger partial charge in [-0.2, -0.15) is 0 Å². The standard InChI is InChI=1S/C22H20BrFN2O2S/c1-14-10-19(25-8-2-3-9-25)18(24)11-16(14)12-20-21(27)26(22(28)29-20)13-15-4-6-17(23)7-5-15/h4-7,10-12H,2-3,8-9,13H2,1H3/b20-12-. The first-order valence-corrected chi connectivity index (χ1v) is 11.1. The maximum Gasteiger partial charge on any atom is 0.293 e. The van der Waals surface area contributed by atoms with Crippen molar-refractivity contribution in [2.75, 3.05) is 18.0 Å². The fraction of sp³-hybridized carbons (Fsp3) is 0.273. The molecule has 2 fully saturated rings. The Kier molecular flexibility index (Phi) is 5.79. The fourth-order valence-electron chi connectivity index (χ4n) is 3.59. The van der Waals surface area contributed by atoms with Crippen LogP contribution in [-0.2, 0) is 11.3 Å². The number of thioether (sulfide) groups is 1. The number of halogens is 2. The topological polar surface area (TPSA) is 40.6 Å². The molecule has 0 atom stereocenters. The third kappa shape index (κ3) is 4.26. The van der Waals surface area contributed by atoms with Crippen molar-refractivity contribution in [3.8, 4) is 0 Å². The van der Waals surface area contributed by atoms with E-state index >= 15 is 0 Å². The first-order valence-electron chi connectivity index (χ1n) is 9.47. The predicted molar refractivity (Wildman–Crippen MR) is 118 cm³/mol. The molecule has 0 unspecified atom stereocenters. The minimum atomic E-state index is -0.341. The molecule has 2 amide bonds. The molecule has 0 N–H and O–H groups in total. The lowest BCUT2D eigenvalue weighted by molar-refractivity contribution is -0.123. The van der Waals surface area contributed by atoms with Gasteiger partial charge in [0.1, 0.15) is 5.82 Å². The number of aryl methyl sites for hydroxylation is 1. The molecule has 2 saturated heterocycles. The van der Waals surface area contributed by atoms with E-state index in [2.05, 4.69) is 20.8 Å². The molecule has 0 aromatic heterocycles. The number of hydrogen-bond acceptors (Lipinski definition) is 4. The zero-order valence-corrected chi connectivity index (χ0v) is 18.4. The van der Waals surface area contributed by atoms with E-state index in [1.807, 2.05) is 37.3 Å². The molecule has 29 heavy (non-hydrogen) atoms. The molecular formula is C22H20BrFN2O2S. The minimum Gasteiger partial charge on any atom is -0.369 e. The number of imide groups is 1. The normalized spacial score (nSPS) is 18.4. The summed E-state index contributed by atoms with van der Waals surface area (Å²) in [6, 6.07) is 10.8. The lowest BCUT2D eigenvalue weighted by Crippen LogP contribution is -2.27. The lowest BCUT2D eigenvalue weighted by Gasteiger charge is -2.19. The van der Waals surface area contributed by atoms with Gasteiger partial charge in [-0.15, -0.1) is 0 Å². The number of benzene rings is 2. The second-order valence-corrected chi connectivity index (χ2v) is 9.16. The average molecular weight is 475 g/mol. The van der Waals surface area contributed by atoms with Gasteiger partial charge in [-0.3, -0.25) is 14.5 Å². The third-order valence-electron chi connectivity index (χ3n) is 5.20. The van der Waals surface area contributed by atoms with E-state index in [0.717, 1.165) is 53.3 Å². The number of rotatable bonds is 4. The number of anilines is 1. The Hall–Kier alpha value is -2.12. The molecule has 2 aliphatic rings. The highest BCUT2D eigenvalue weighted by atomic mass is 79.9. The van der Waals surface area contributed by atoms with Crippen LogP contribution in [0.2, 0.25) is 0 Å². The van der Waals surface area contributed by atoms with Crippen LogP contribution in [0.5, 0.6) is 0 Å². The van der Waals surface area contributed by atoms with Gasteiger partial charge in [0.15, 0.2) is 0 Å². The molecule has 2 aromatic carbocycles. The quantitative estimate of drug-likeness (QED) is 0.530. The van der Waals surface area contributed by atoms with Crippen LogP contribution in [-0.4, -0.2) is 29.1 Å². The summed E-state index contributed by atoms with van der Waals surface area (Å²) in [4.78, 5) is 28.7. The van der Waals surface area contributed by atoms with Crippen LogP contribution in [0.3, 0.4) is 0 Å². The summed E-state index contributed by atoms with van der Waals surface area (Å²) in [7, 11) is 0. The highest BCUT2D eigenvalue weighted by Crippen LogP contribution is 2.35. The molecule has 4 rings (SSSR count). The van der Waals surface area contributed by atoms with E-state index in [1.54, 1.807) is 6.08 Å². The molecule has 2 aromatic rings. The molecular weight excluding hydrogens is 455 g/mol. The smallest absolute Gasteiger partial charge is 0.293 e. The molecule has 0 bridgehead atoms. The van der Waals surface area contributed by atoms with Crippen molar-refractivity contribution in [1.29, 1.82) is 0 Å². The van der Waals surface area contributed by atoms with E-state index in [4.69, 9.17) is 0 Å².